The average Bonchev–Trinajstić information content (AvgIpc) is 3.23. The minimum atomic E-state index is -4.73. The third-order valence-corrected chi connectivity index (χ3v) is 7.33. The normalized spacial score (nSPS) is 23.4. The van der Waals surface area contributed by atoms with Crippen LogP contribution in [0.2, 0.25) is 0 Å². The number of aliphatic hydroxyl groups is 1. The van der Waals surface area contributed by atoms with Crippen molar-refractivity contribution < 1.29 is 37.3 Å². The summed E-state index contributed by atoms with van der Waals surface area (Å²) in [7, 11) is 1.29. The molecular weight excluding hydrogens is 491 g/mol. The quantitative estimate of drug-likeness (QED) is 0.608. The summed E-state index contributed by atoms with van der Waals surface area (Å²) in [6.07, 6.45) is -4.61. The zero-order valence-electron chi connectivity index (χ0n) is 20.3. The summed E-state index contributed by atoms with van der Waals surface area (Å²) in [5.74, 6) is -0.949. The van der Waals surface area contributed by atoms with Crippen molar-refractivity contribution in [2.45, 2.75) is 37.0 Å². The monoisotopic (exact) mass is 519 g/mol. The number of benzene rings is 2. The molecule has 11 heteroatoms. The molecule has 0 aliphatic carbocycles. The number of nitrogens with zero attached hydrogens (tertiary/aromatic N) is 3. The van der Waals surface area contributed by atoms with Crippen molar-refractivity contribution in [2.24, 2.45) is 0 Å². The van der Waals surface area contributed by atoms with Gasteiger partial charge in [0.15, 0.2) is 0 Å². The number of halogens is 3. The van der Waals surface area contributed by atoms with Crippen molar-refractivity contribution in [1.29, 1.82) is 0 Å². The van der Waals surface area contributed by atoms with Crippen LogP contribution in [0.25, 0.3) is 0 Å². The van der Waals surface area contributed by atoms with Crippen LogP contribution in [0, 0.1) is 0 Å². The predicted octanol–water partition coefficient (Wildman–Crippen LogP) is 2.52. The number of carbonyl (C=O) groups excluding carboxylic acids is 2. The van der Waals surface area contributed by atoms with Gasteiger partial charge in [-0.1, -0.05) is 18.2 Å². The second kappa shape index (κ2) is 9.62. The minimum Gasteiger partial charge on any atom is -0.465 e. The Bertz CT molecular complexity index is 1170. The Morgan fingerprint density at radius 3 is 2.43 bits per heavy atom. The number of piperazine rings is 1. The Kier molecular flexibility index (Phi) is 6.63. The maximum atomic E-state index is 13.5. The Morgan fingerprint density at radius 1 is 1.05 bits per heavy atom. The summed E-state index contributed by atoms with van der Waals surface area (Å²) in [5, 5.41) is 10.4. The van der Waals surface area contributed by atoms with Crippen molar-refractivity contribution in [3.63, 3.8) is 0 Å². The van der Waals surface area contributed by atoms with Crippen LogP contribution >= 0.6 is 0 Å². The second-order valence-corrected chi connectivity index (χ2v) is 10.0. The molecule has 3 saturated heterocycles. The first kappa shape index (κ1) is 25.5. The van der Waals surface area contributed by atoms with Crippen LogP contribution in [0.15, 0.2) is 48.5 Å². The highest BCUT2D eigenvalue weighted by Crippen LogP contribution is 2.40. The zero-order valence-corrected chi connectivity index (χ0v) is 20.3. The molecule has 0 bridgehead atoms. The van der Waals surface area contributed by atoms with Gasteiger partial charge in [-0.25, -0.2) is 4.79 Å². The Hall–Kier alpha value is -3.15. The first-order valence-electron chi connectivity index (χ1n) is 12.0. The summed E-state index contributed by atoms with van der Waals surface area (Å²) < 4.78 is 46.0. The number of fused-ring (bicyclic) bond motifs is 2. The van der Waals surface area contributed by atoms with Crippen molar-refractivity contribution in [1.82, 2.24) is 14.7 Å². The van der Waals surface area contributed by atoms with E-state index in [2.05, 4.69) is 14.5 Å². The van der Waals surface area contributed by atoms with Gasteiger partial charge in [-0.2, -0.15) is 0 Å². The summed E-state index contributed by atoms with van der Waals surface area (Å²) in [5.41, 5.74) is 1.24. The van der Waals surface area contributed by atoms with Gasteiger partial charge in [0.2, 0.25) is 0 Å². The molecule has 3 fully saturated rings. The lowest BCUT2D eigenvalue weighted by Crippen LogP contribution is -2.78. The standard InChI is InChI=1S/C26H28F3N3O5/c1-36-24(35)19-4-2-3-18(9-19)23(34)31-12-20-10-21(33)13-32(20)25(16-31)14-30(15-25)11-17-5-7-22(8-6-17)37-26(27,28)29/h2-9,20-21,33H,10-16H2,1H3/t20-,21+/m0/s1. The maximum absolute atomic E-state index is 13.5. The van der Waals surface area contributed by atoms with Crippen LogP contribution in [0.1, 0.15) is 32.7 Å². The minimum absolute atomic E-state index is 0.0254. The molecule has 0 unspecified atom stereocenters. The lowest BCUT2D eigenvalue weighted by molar-refractivity contribution is -0.274. The summed E-state index contributed by atoms with van der Waals surface area (Å²) in [4.78, 5) is 31.7. The van der Waals surface area contributed by atoms with Gasteiger partial charge in [-0.3, -0.25) is 14.6 Å². The third kappa shape index (κ3) is 5.29. The summed E-state index contributed by atoms with van der Waals surface area (Å²) in [6, 6.07) is 12.3. The number of likely N-dealkylation sites (tertiary alicyclic amines) is 1. The van der Waals surface area contributed by atoms with Crippen LogP contribution < -0.4 is 4.74 Å². The van der Waals surface area contributed by atoms with E-state index in [9.17, 15) is 27.9 Å². The van der Waals surface area contributed by atoms with E-state index in [0.717, 1.165) is 5.56 Å². The van der Waals surface area contributed by atoms with E-state index >= 15 is 0 Å². The molecule has 198 valence electrons. The van der Waals surface area contributed by atoms with E-state index < -0.39 is 18.4 Å². The Balaban J connectivity index is 1.28. The Morgan fingerprint density at radius 2 is 1.76 bits per heavy atom. The molecule has 3 heterocycles. The van der Waals surface area contributed by atoms with Gasteiger partial charge >= 0.3 is 12.3 Å². The van der Waals surface area contributed by atoms with Crippen molar-refractivity contribution in [2.75, 3.05) is 39.8 Å². The second-order valence-electron chi connectivity index (χ2n) is 10.0. The van der Waals surface area contributed by atoms with Crippen molar-refractivity contribution in [3.8, 4) is 5.75 Å². The number of esters is 1. The molecule has 3 aliphatic heterocycles. The van der Waals surface area contributed by atoms with Gasteiger partial charge in [-0.15, -0.1) is 13.2 Å². The highest BCUT2D eigenvalue weighted by atomic mass is 19.4. The number of alkyl halides is 3. The molecule has 1 amide bonds. The van der Waals surface area contributed by atoms with Gasteiger partial charge < -0.3 is 19.5 Å². The fourth-order valence-electron chi connectivity index (χ4n) is 5.88. The molecule has 1 spiro atoms. The first-order valence-corrected chi connectivity index (χ1v) is 12.0. The van der Waals surface area contributed by atoms with Gasteiger partial charge in [0, 0.05) is 50.9 Å². The molecule has 1 N–H and O–H groups in total. The number of hydrogen-bond donors (Lipinski definition) is 1. The van der Waals surface area contributed by atoms with E-state index in [1.807, 2.05) is 0 Å². The van der Waals surface area contributed by atoms with Crippen LogP contribution in [0.4, 0.5) is 13.2 Å². The number of ether oxygens (including phenoxy) is 2. The van der Waals surface area contributed by atoms with Crippen molar-refractivity contribution in [3.05, 3.63) is 65.2 Å². The summed E-state index contributed by atoms with van der Waals surface area (Å²) >= 11 is 0. The number of methoxy groups -OCH3 is 1. The molecule has 37 heavy (non-hydrogen) atoms. The fraction of sp³-hybridized carbons (Fsp3) is 0.462. The molecule has 5 rings (SSSR count). The van der Waals surface area contributed by atoms with Gasteiger partial charge in [-0.05, 0) is 42.3 Å². The highest BCUT2D eigenvalue weighted by molar-refractivity contribution is 5.98. The SMILES string of the molecule is COC(=O)c1cccc(C(=O)N2C[C@@H]3C[C@@H](O)CN3C3(CN(Cc4ccc(OC(F)(F)F)cc4)C3)C2)c1. The van der Waals surface area contributed by atoms with E-state index in [1.54, 1.807) is 35.2 Å². The molecule has 3 aliphatic rings. The molecule has 0 aromatic heterocycles. The molecule has 0 saturated carbocycles. The number of β-amino-alcohol motifs (C(OH)–C–C–N with tert-alkyl or cyclic N) is 1. The largest absolute Gasteiger partial charge is 0.573 e. The van der Waals surface area contributed by atoms with Gasteiger partial charge in [0.25, 0.3) is 5.91 Å². The summed E-state index contributed by atoms with van der Waals surface area (Å²) in [6.45, 7) is 3.37. The van der Waals surface area contributed by atoms with Gasteiger partial charge in [0.1, 0.15) is 5.75 Å². The van der Waals surface area contributed by atoms with E-state index in [0.29, 0.717) is 56.8 Å². The van der Waals surface area contributed by atoms with E-state index in [1.165, 1.54) is 25.3 Å². The molecular formula is C26H28F3N3O5. The molecule has 2 atom stereocenters. The van der Waals surface area contributed by atoms with Crippen LogP contribution in [-0.2, 0) is 11.3 Å². The number of hydrogen-bond acceptors (Lipinski definition) is 7. The molecule has 2 aromatic carbocycles. The van der Waals surface area contributed by atoms with E-state index in [-0.39, 0.29) is 23.2 Å². The van der Waals surface area contributed by atoms with E-state index in [4.69, 9.17) is 4.74 Å². The molecule has 0 radical (unpaired) electrons. The lowest BCUT2D eigenvalue weighted by atomic mass is 9.83. The number of aliphatic hydroxyl groups excluding tert-OH is 1. The molecule has 2 aromatic rings. The average molecular weight is 520 g/mol. The van der Waals surface area contributed by atoms with Gasteiger partial charge in [0.05, 0.1) is 24.3 Å². The topological polar surface area (TPSA) is 82.5 Å². The number of amides is 1. The fourth-order valence-corrected chi connectivity index (χ4v) is 5.88. The third-order valence-electron chi connectivity index (χ3n) is 7.33. The zero-order chi connectivity index (χ0) is 26.4. The maximum Gasteiger partial charge on any atom is 0.573 e. The number of rotatable bonds is 5. The lowest BCUT2D eigenvalue weighted by Gasteiger charge is -2.61. The van der Waals surface area contributed by atoms with Crippen molar-refractivity contribution >= 4 is 11.9 Å². The molecule has 8 nitrogen and oxygen atoms in total. The predicted molar refractivity (Wildman–Crippen MR) is 126 cm³/mol. The van der Waals surface area contributed by atoms with Crippen LogP contribution in [-0.4, -0.2) is 95.6 Å². The smallest absolute Gasteiger partial charge is 0.465 e. The highest BCUT2D eigenvalue weighted by Gasteiger charge is 2.56. The number of carbonyl (C=O) groups is 2. The Labute approximate surface area is 212 Å². The van der Waals surface area contributed by atoms with Crippen LogP contribution in [0.5, 0.6) is 5.75 Å². The first-order chi connectivity index (χ1) is 17.5. The van der Waals surface area contributed by atoms with Crippen LogP contribution in [0.3, 0.4) is 0 Å².